The number of aryl methyl sites for hydroxylation is 2. The maximum absolute atomic E-state index is 12.5. The average Bonchev–Trinajstić information content (AvgIpc) is 2.84. The van der Waals surface area contributed by atoms with Crippen LogP contribution in [0.5, 0.6) is 11.5 Å². The second-order valence-corrected chi connectivity index (χ2v) is 15.2. The Kier molecular flexibility index (Phi) is 10.7. The Bertz CT molecular complexity index is 1310. The minimum Gasteiger partial charge on any atom is -0.507 e. The summed E-state index contributed by atoms with van der Waals surface area (Å²) in [5, 5.41) is 21.3. The second-order valence-electron chi connectivity index (χ2n) is 12.9. The van der Waals surface area contributed by atoms with Crippen molar-refractivity contribution in [2.24, 2.45) is 0 Å². The van der Waals surface area contributed by atoms with Gasteiger partial charge in [0.2, 0.25) is 0 Å². The largest absolute Gasteiger partial charge is 0.507 e. The fraction of sp³-hybridized carbons (Fsp3) is 0.562. The van der Waals surface area contributed by atoms with Gasteiger partial charge in [-0.05, 0) is 83.0 Å². The number of aromatic hydroxyl groups is 2. The summed E-state index contributed by atoms with van der Waals surface area (Å²) in [7, 11) is -3.71. The number of hydrogen-bond acceptors (Lipinski definition) is 8. The van der Waals surface area contributed by atoms with Crippen LogP contribution in [0.2, 0.25) is 0 Å². The lowest BCUT2D eigenvalue weighted by atomic mass is 9.83. The monoisotopic (exact) mass is 590 g/mol. The molecule has 0 unspecified atom stereocenters. The van der Waals surface area contributed by atoms with Gasteiger partial charge in [0.05, 0.1) is 24.3 Å². The lowest BCUT2D eigenvalue weighted by molar-refractivity contribution is -0.145. The number of phenols is 2. The van der Waals surface area contributed by atoms with Crippen LogP contribution in [0, 0.1) is 27.7 Å². The minimum atomic E-state index is -3.71. The molecule has 228 valence electrons. The molecule has 0 aliphatic carbocycles. The van der Waals surface area contributed by atoms with Crippen molar-refractivity contribution in [3.63, 3.8) is 0 Å². The third-order valence-electron chi connectivity index (χ3n) is 7.41. The number of carbonyl (C=O) groups is 2. The highest BCUT2D eigenvalue weighted by molar-refractivity contribution is 7.91. The summed E-state index contributed by atoms with van der Waals surface area (Å²) in [5.74, 6) is -1.95. The van der Waals surface area contributed by atoms with Crippen molar-refractivity contribution in [2.45, 2.75) is 106 Å². The van der Waals surface area contributed by atoms with E-state index in [-0.39, 0.29) is 48.4 Å². The summed E-state index contributed by atoms with van der Waals surface area (Å²) >= 11 is 0. The van der Waals surface area contributed by atoms with E-state index in [1.807, 2.05) is 67.5 Å². The van der Waals surface area contributed by atoms with E-state index in [4.69, 9.17) is 9.47 Å². The molecule has 0 bridgehead atoms. The second kappa shape index (κ2) is 12.8. The number of sulfone groups is 1. The fourth-order valence-corrected chi connectivity index (χ4v) is 5.80. The molecule has 8 nitrogen and oxygen atoms in total. The predicted molar refractivity (Wildman–Crippen MR) is 160 cm³/mol. The van der Waals surface area contributed by atoms with Crippen LogP contribution in [0.4, 0.5) is 0 Å². The van der Waals surface area contributed by atoms with Crippen LogP contribution in [-0.2, 0) is 52.9 Å². The normalized spacial score (nSPS) is 12.3. The van der Waals surface area contributed by atoms with Crippen molar-refractivity contribution in [3.8, 4) is 11.5 Å². The molecule has 0 atom stereocenters. The zero-order valence-corrected chi connectivity index (χ0v) is 27.0. The number of phenolic OH excluding ortho intramolecular Hbond substituents is 2. The van der Waals surface area contributed by atoms with E-state index < -0.39 is 33.3 Å². The minimum absolute atomic E-state index is 0.0774. The zero-order valence-electron chi connectivity index (χ0n) is 26.1. The maximum Gasteiger partial charge on any atom is 0.307 e. The molecule has 0 saturated carbocycles. The molecule has 0 radical (unpaired) electrons. The fourth-order valence-electron chi connectivity index (χ4n) is 4.64. The highest BCUT2D eigenvalue weighted by Gasteiger charge is 2.24. The van der Waals surface area contributed by atoms with Crippen LogP contribution in [0.3, 0.4) is 0 Å². The number of rotatable bonds is 10. The lowest BCUT2D eigenvalue weighted by Gasteiger charge is -2.24. The van der Waals surface area contributed by atoms with E-state index in [9.17, 15) is 28.2 Å². The molecule has 9 heteroatoms. The van der Waals surface area contributed by atoms with E-state index in [1.165, 1.54) is 0 Å². The van der Waals surface area contributed by atoms with Crippen LogP contribution < -0.4 is 0 Å². The number of ether oxygens (including phenoxy) is 2. The van der Waals surface area contributed by atoms with Gasteiger partial charge in [-0.2, -0.15) is 0 Å². The lowest BCUT2D eigenvalue weighted by Crippen LogP contribution is -2.19. The van der Waals surface area contributed by atoms with Gasteiger partial charge in [0, 0.05) is 0 Å². The SMILES string of the molecule is Cc1cc(C(C)(C)C)c(O)c(C)c1COC(=O)CCS(=O)(=O)CCC(=O)OCc1c(C)cc(C(C)(C)C)c(O)c1C. The third-order valence-corrected chi connectivity index (χ3v) is 9.06. The van der Waals surface area contributed by atoms with Gasteiger partial charge in [-0.1, -0.05) is 53.7 Å². The van der Waals surface area contributed by atoms with Crippen molar-refractivity contribution >= 4 is 21.8 Å². The Balaban J connectivity index is 1.89. The first-order valence-electron chi connectivity index (χ1n) is 13.8. The van der Waals surface area contributed by atoms with Gasteiger partial charge in [0.1, 0.15) is 24.7 Å². The van der Waals surface area contributed by atoms with Crippen LogP contribution in [0.25, 0.3) is 0 Å². The van der Waals surface area contributed by atoms with Gasteiger partial charge in [0.15, 0.2) is 9.84 Å². The van der Waals surface area contributed by atoms with Crippen molar-refractivity contribution < 1.29 is 37.7 Å². The molecular formula is C32H46O8S. The first-order valence-corrected chi connectivity index (χ1v) is 15.6. The summed E-state index contributed by atoms with van der Waals surface area (Å²) in [5.41, 5.74) is 5.44. The van der Waals surface area contributed by atoms with E-state index >= 15 is 0 Å². The highest BCUT2D eigenvalue weighted by atomic mass is 32.2. The topological polar surface area (TPSA) is 127 Å². The zero-order chi connectivity index (χ0) is 31.5. The number of carbonyl (C=O) groups excluding carboxylic acids is 2. The van der Waals surface area contributed by atoms with Crippen LogP contribution in [0.15, 0.2) is 12.1 Å². The summed E-state index contributed by atoms with van der Waals surface area (Å²) in [4.78, 5) is 24.6. The Labute approximate surface area is 245 Å². The first-order chi connectivity index (χ1) is 18.7. The summed E-state index contributed by atoms with van der Waals surface area (Å²) in [6.07, 6.45) is -0.696. The summed E-state index contributed by atoms with van der Waals surface area (Å²) in [6, 6.07) is 3.75. The van der Waals surface area contributed by atoms with E-state index in [1.54, 1.807) is 13.8 Å². The number of esters is 2. The predicted octanol–water partition coefficient (Wildman–Crippen LogP) is 5.91. The molecular weight excluding hydrogens is 544 g/mol. The molecule has 0 aliphatic rings. The van der Waals surface area contributed by atoms with Crippen molar-refractivity contribution in [1.29, 1.82) is 0 Å². The van der Waals surface area contributed by atoms with Gasteiger partial charge >= 0.3 is 11.9 Å². The molecule has 41 heavy (non-hydrogen) atoms. The smallest absolute Gasteiger partial charge is 0.307 e. The first kappa shape index (κ1) is 34.1. The quantitative estimate of drug-likeness (QED) is 0.327. The van der Waals surface area contributed by atoms with Crippen LogP contribution in [0.1, 0.15) is 98.9 Å². The van der Waals surface area contributed by atoms with Gasteiger partial charge in [0.25, 0.3) is 0 Å². The number of benzene rings is 2. The Morgan fingerprint density at radius 2 is 1.00 bits per heavy atom. The van der Waals surface area contributed by atoms with Gasteiger partial charge < -0.3 is 19.7 Å². The molecule has 0 saturated heterocycles. The summed E-state index contributed by atoms with van der Waals surface area (Å²) in [6.45, 7) is 19.1. The Morgan fingerprint density at radius 3 is 1.29 bits per heavy atom. The van der Waals surface area contributed by atoms with Gasteiger partial charge in [-0.15, -0.1) is 0 Å². The standard InChI is InChI=1S/C32H46O8S/c1-19-15-25(31(5,6)7)29(35)21(3)23(19)17-39-27(33)11-13-41(37,38)14-12-28(34)40-18-24-20(2)16-26(32(8,9)10)30(36)22(24)4/h15-16,35-36H,11-14,17-18H2,1-10H3. The van der Waals surface area contributed by atoms with Crippen molar-refractivity contribution in [3.05, 3.63) is 56.6 Å². The molecule has 2 N–H and O–H groups in total. The molecule has 0 spiro atoms. The van der Waals surface area contributed by atoms with Crippen molar-refractivity contribution in [2.75, 3.05) is 11.5 Å². The number of hydrogen-bond donors (Lipinski definition) is 2. The van der Waals surface area contributed by atoms with E-state index in [2.05, 4.69) is 0 Å². The molecule has 2 aromatic carbocycles. The average molecular weight is 591 g/mol. The molecule has 0 aromatic heterocycles. The van der Waals surface area contributed by atoms with Gasteiger partial charge in [-0.3, -0.25) is 9.59 Å². The third kappa shape index (κ3) is 8.96. The van der Waals surface area contributed by atoms with Crippen LogP contribution in [-0.4, -0.2) is 42.1 Å². The van der Waals surface area contributed by atoms with Crippen LogP contribution >= 0.6 is 0 Å². The summed E-state index contributed by atoms with van der Waals surface area (Å²) < 4.78 is 35.6. The maximum atomic E-state index is 12.5. The Hall–Kier alpha value is -3.07. The van der Waals surface area contributed by atoms with E-state index in [0.717, 1.165) is 22.3 Å². The van der Waals surface area contributed by atoms with Crippen molar-refractivity contribution in [1.82, 2.24) is 0 Å². The molecule has 0 fully saturated rings. The molecule has 2 rings (SSSR count). The molecule has 0 aliphatic heterocycles. The Morgan fingerprint density at radius 1 is 0.683 bits per heavy atom. The van der Waals surface area contributed by atoms with Gasteiger partial charge in [-0.25, -0.2) is 8.42 Å². The molecule has 0 heterocycles. The highest BCUT2D eigenvalue weighted by Crippen LogP contribution is 2.37. The molecule has 0 amide bonds. The molecule has 2 aromatic rings. The van der Waals surface area contributed by atoms with E-state index in [0.29, 0.717) is 22.3 Å².